The highest BCUT2D eigenvalue weighted by molar-refractivity contribution is 5.75. The Hall–Kier alpha value is -2.08. The summed E-state index contributed by atoms with van der Waals surface area (Å²) in [4.78, 5) is 22.5. The molecule has 0 radical (unpaired) electrons. The molecule has 0 aliphatic carbocycles. The van der Waals surface area contributed by atoms with Gasteiger partial charge in [0.05, 0.1) is 6.61 Å². The Morgan fingerprint density at radius 2 is 1.90 bits per heavy atom. The number of carbonyl (C=O) groups is 2. The highest BCUT2D eigenvalue weighted by atomic mass is 16.6. The van der Waals surface area contributed by atoms with E-state index in [0.717, 1.165) is 5.56 Å². The van der Waals surface area contributed by atoms with Crippen LogP contribution in [0, 0.1) is 5.92 Å². The third kappa shape index (κ3) is 6.19. The summed E-state index contributed by atoms with van der Waals surface area (Å²) in [5.74, 6) is -0.821. The fourth-order valence-electron chi connectivity index (χ4n) is 1.47. The molecule has 1 aromatic carbocycles. The number of aliphatic carboxylic acids is 1. The lowest BCUT2D eigenvalue weighted by Crippen LogP contribution is -2.49. The molecule has 0 aromatic heterocycles. The number of carbonyl (C=O) groups excluding carboxylic acids is 1. The highest BCUT2D eigenvalue weighted by Crippen LogP contribution is 2.03. The predicted molar refractivity (Wildman–Crippen MR) is 74.0 cm³/mol. The van der Waals surface area contributed by atoms with Crippen molar-refractivity contribution in [1.82, 2.24) is 10.9 Å². The van der Waals surface area contributed by atoms with E-state index in [9.17, 15) is 9.59 Å². The van der Waals surface area contributed by atoms with E-state index in [1.807, 2.05) is 44.2 Å². The number of hydrazine groups is 1. The first-order valence-electron chi connectivity index (χ1n) is 6.44. The molecule has 1 amide bonds. The van der Waals surface area contributed by atoms with Crippen LogP contribution in [-0.4, -0.2) is 29.8 Å². The summed E-state index contributed by atoms with van der Waals surface area (Å²) in [6.07, 6.45) is -0.418. The molecule has 0 spiro atoms. The van der Waals surface area contributed by atoms with Gasteiger partial charge in [0, 0.05) is 6.42 Å². The monoisotopic (exact) mass is 280 g/mol. The lowest BCUT2D eigenvalue weighted by atomic mass is 10.1. The van der Waals surface area contributed by atoms with Gasteiger partial charge < -0.3 is 9.84 Å². The van der Waals surface area contributed by atoms with E-state index in [2.05, 4.69) is 10.9 Å². The van der Waals surface area contributed by atoms with Gasteiger partial charge in [0.15, 0.2) is 0 Å². The van der Waals surface area contributed by atoms with Crippen molar-refractivity contribution in [2.24, 2.45) is 5.92 Å². The van der Waals surface area contributed by atoms with Crippen LogP contribution in [0.25, 0.3) is 0 Å². The van der Waals surface area contributed by atoms with Gasteiger partial charge in [-0.1, -0.05) is 44.2 Å². The molecule has 1 rings (SSSR count). The van der Waals surface area contributed by atoms with Gasteiger partial charge in [0.25, 0.3) is 0 Å². The van der Waals surface area contributed by atoms with Gasteiger partial charge in [-0.15, -0.1) is 0 Å². The minimum absolute atomic E-state index is 0.223. The lowest BCUT2D eigenvalue weighted by molar-refractivity contribution is -0.139. The molecule has 1 atom stereocenters. The summed E-state index contributed by atoms with van der Waals surface area (Å²) in [6, 6.07) is 8.26. The number of carboxylic acids is 1. The average Bonchev–Trinajstić information content (AvgIpc) is 2.42. The van der Waals surface area contributed by atoms with Crippen LogP contribution < -0.4 is 10.9 Å². The molecule has 6 heteroatoms. The Morgan fingerprint density at radius 3 is 2.45 bits per heavy atom. The molecule has 110 valence electrons. The Morgan fingerprint density at radius 1 is 1.25 bits per heavy atom. The first kappa shape index (κ1) is 16.0. The Balaban J connectivity index is 2.44. The predicted octanol–water partition coefficient (Wildman–Crippen LogP) is 1.57. The van der Waals surface area contributed by atoms with Crippen molar-refractivity contribution in [3.63, 3.8) is 0 Å². The van der Waals surface area contributed by atoms with Crippen molar-refractivity contribution in [3.05, 3.63) is 35.9 Å². The zero-order chi connectivity index (χ0) is 15.0. The Kier molecular flexibility index (Phi) is 6.52. The van der Waals surface area contributed by atoms with E-state index >= 15 is 0 Å². The Bertz CT molecular complexity index is 434. The second-order valence-corrected chi connectivity index (χ2v) is 4.84. The SMILES string of the molecule is CC(C)COC(=O)NNC(Cc1ccccc1)C(=O)O. The minimum Gasteiger partial charge on any atom is -0.480 e. The molecule has 0 bridgehead atoms. The smallest absolute Gasteiger partial charge is 0.421 e. The van der Waals surface area contributed by atoms with Crippen molar-refractivity contribution in [1.29, 1.82) is 0 Å². The van der Waals surface area contributed by atoms with Crippen molar-refractivity contribution in [2.45, 2.75) is 26.3 Å². The van der Waals surface area contributed by atoms with Crippen LogP contribution in [0.15, 0.2) is 30.3 Å². The molecule has 6 nitrogen and oxygen atoms in total. The van der Waals surface area contributed by atoms with Gasteiger partial charge in [0.1, 0.15) is 6.04 Å². The van der Waals surface area contributed by atoms with Gasteiger partial charge in [0.2, 0.25) is 0 Å². The van der Waals surface area contributed by atoms with Crippen molar-refractivity contribution < 1.29 is 19.4 Å². The molecule has 20 heavy (non-hydrogen) atoms. The van der Waals surface area contributed by atoms with Crippen LogP contribution in [0.4, 0.5) is 4.79 Å². The number of hydrogen-bond donors (Lipinski definition) is 3. The molecule has 1 unspecified atom stereocenters. The van der Waals surface area contributed by atoms with Crippen LogP contribution in [0.5, 0.6) is 0 Å². The lowest BCUT2D eigenvalue weighted by Gasteiger charge is -2.15. The Labute approximate surface area is 118 Å². The maximum absolute atomic E-state index is 11.3. The average molecular weight is 280 g/mol. The summed E-state index contributed by atoms with van der Waals surface area (Å²) in [7, 11) is 0. The van der Waals surface area contributed by atoms with Crippen molar-refractivity contribution in [2.75, 3.05) is 6.61 Å². The first-order chi connectivity index (χ1) is 9.49. The summed E-state index contributed by atoms with van der Waals surface area (Å²) < 4.78 is 4.88. The minimum atomic E-state index is -1.04. The van der Waals surface area contributed by atoms with E-state index in [-0.39, 0.29) is 18.9 Å². The second-order valence-electron chi connectivity index (χ2n) is 4.84. The van der Waals surface area contributed by atoms with E-state index in [4.69, 9.17) is 9.84 Å². The third-order valence-corrected chi connectivity index (χ3v) is 2.48. The number of rotatable bonds is 7. The van der Waals surface area contributed by atoms with Gasteiger partial charge >= 0.3 is 12.1 Å². The van der Waals surface area contributed by atoms with Crippen LogP contribution in [0.3, 0.4) is 0 Å². The molecule has 0 heterocycles. The highest BCUT2D eigenvalue weighted by Gasteiger charge is 2.18. The number of nitrogens with one attached hydrogen (secondary N) is 2. The van der Waals surface area contributed by atoms with E-state index in [1.165, 1.54) is 0 Å². The molecule has 0 saturated carbocycles. The first-order valence-corrected chi connectivity index (χ1v) is 6.44. The third-order valence-electron chi connectivity index (χ3n) is 2.48. The summed E-state index contributed by atoms with van der Waals surface area (Å²) in [5, 5.41) is 9.11. The molecule has 0 aliphatic heterocycles. The van der Waals surface area contributed by atoms with Gasteiger partial charge in [-0.25, -0.2) is 10.2 Å². The molecule has 0 aliphatic rings. The number of carboxylic acid groups (broad SMARTS) is 1. The van der Waals surface area contributed by atoms with Crippen LogP contribution >= 0.6 is 0 Å². The number of hydrogen-bond acceptors (Lipinski definition) is 4. The number of ether oxygens (including phenoxy) is 1. The molecule has 0 saturated heterocycles. The summed E-state index contributed by atoms with van der Waals surface area (Å²) in [6.45, 7) is 4.11. The van der Waals surface area contributed by atoms with Crippen molar-refractivity contribution in [3.8, 4) is 0 Å². The maximum Gasteiger partial charge on any atom is 0.421 e. The zero-order valence-corrected chi connectivity index (χ0v) is 11.6. The van der Waals surface area contributed by atoms with Gasteiger partial charge in [-0.05, 0) is 11.5 Å². The van der Waals surface area contributed by atoms with E-state index in [0.29, 0.717) is 0 Å². The van der Waals surface area contributed by atoms with Gasteiger partial charge in [-0.3, -0.25) is 10.2 Å². The number of amides is 1. The van der Waals surface area contributed by atoms with E-state index < -0.39 is 18.1 Å². The quantitative estimate of drug-likeness (QED) is 0.660. The normalized spacial score (nSPS) is 11.9. The largest absolute Gasteiger partial charge is 0.480 e. The second kappa shape index (κ2) is 8.16. The fourth-order valence-corrected chi connectivity index (χ4v) is 1.47. The number of benzene rings is 1. The fraction of sp³-hybridized carbons (Fsp3) is 0.429. The zero-order valence-electron chi connectivity index (χ0n) is 11.6. The summed E-state index contributed by atoms with van der Waals surface area (Å²) in [5.41, 5.74) is 5.58. The van der Waals surface area contributed by atoms with Crippen LogP contribution in [0.2, 0.25) is 0 Å². The standard InChI is InChI=1S/C14H20N2O4/c1-10(2)9-20-14(19)16-15-12(13(17)18)8-11-6-4-3-5-7-11/h3-7,10,12,15H,8-9H2,1-2H3,(H,16,19)(H,17,18). The molecule has 3 N–H and O–H groups in total. The van der Waals surface area contributed by atoms with Gasteiger partial charge in [-0.2, -0.15) is 0 Å². The van der Waals surface area contributed by atoms with Crippen molar-refractivity contribution >= 4 is 12.1 Å². The maximum atomic E-state index is 11.3. The molecule has 1 aromatic rings. The molecule has 0 fully saturated rings. The van der Waals surface area contributed by atoms with E-state index in [1.54, 1.807) is 0 Å². The topological polar surface area (TPSA) is 87.7 Å². The summed E-state index contributed by atoms with van der Waals surface area (Å²) >= 11 is 0. The van der Waals surface area contributed by atoms with Crippen LogP contribution in [0.1, 0.15) is 19.4 Å². The molecular weight excluding hydrogens is 260 g/mol. The van der Waals surface area contributed by atoms with Crippen LogP contribution in [-0.2, 0) is 16.0 Å². The molecular formula is C14H20N2O4.